The van der Waals surface area contributed by atoms with Gasteiger partial charge in [0.05, 0.1) is 31.4 Å². The molecule has 2 heterocycles. The number of hydroxylamine groups is 2. The summed E-state index contributed by atoms with van der Waals surface area (Å²) >= 11 is 1.48. The lowest BCUT2D eigenvalue weighted by atomic mass is 9.87. The Hall–Kier alpha value is -3.72. The van der Waals surface area contributed by atoms with E-state index in [-0.39, 0.29) is 18.0 Å². The zero-order valence-corrected chi connectivity index (χ0v) is 25.1. The van der Waals surface area contributed by atoms with Crippen molar-refractivity contribution in [2.75, 3.05) is 19.7 Å². The molecule has 2 atom stereocenters. The first-order valence-corrected chi connectivity index (χ1v) is 15.2. The van der Waals surface area contributed by atoms with Crippen LogP contribution in [0.3, 0.4) is 0 Å². The first-order chi connectivity index (χ1) is 20.2. The summed E-state index contributed by atoms with van der Waals surface area (Å²) in [4.78, 5) is 30.0. The minimum absolute atomic E-state index is 0.120. The summed E-state index contributed by atoms with van der Waals surface area (Å²) in [6.07, 6.45) is 0.478. The number of hydrogen-bond acceptors (Lipinski definition) is 8. The Labute approximate surface area is 250 Å². The fraction of sp³-hybridized carbons (Fsp3) is 0.353. The van der Waals surface area contributed by atoms with Crippen molar-refractivity contribution in [2.45, 2.75) is 57.8 Å². The number of benzene rings is 3. The molecule has 0 radical (unpaired) electrons. The SMILES string of the molecule is CC(C)(C)OC(=O)ON1CCC(c2ccc(CCOC(=O)c3ccsc3)cc2)C(OCc2ccc3ccccc3c2)C1. The van der Waals surface area contributed by atoms with Gasteiger partial charge in [0.25, 0.3) is 0 Å². The van der Waals surface area contributed by atoms with Crippen LogP contribution in [-0.4, -0.2) is 48.6 Å². The fourth-order valence-electron chi connectivity index (χ4n) is 5.08. The van der Waals surface area contributed by atoms with Gasteiger partial charge >= 0.3 is 12.1 Å². The van der Waals surface area contributed by atoms with E-state index >= 15 is 0 Å². The van der Waals surface area contributed by atoms with Gasteiger partial charge < -0.3 is 19.0 Å². The van der Waals surface area contributed by atoms with Crippen molar-refractivity contribution >= 4 is 34.2 Å². The van der Waals surface area contributed by atoms with Gasteiger partial charge in [-0.3, -0.25) is 0 Å². The second kappa shape index (κ2) is 13.5. The average Bonchev–Trinajstić information content (AvgIpc) is 3.51. The number of nitrogens with zero attached hydrogens (tertiary/aromatic N) is 1. The molecule has 1 fully saturated rings. The summed E-state index contributed by atoms with van der Waals surface area (Å²) in [6.45, 7) is 7.21. The molecule has 1 aliphatic rings. The van der Waals surface area contributed by atoms with Crippen molar-refractivity contribution in [3.05, 3.63) is 106 Å². The third-order valence-electron chi connectivity index (χ3n) is 7.18. The van der Waals surface area contributed by atoms with Gasteiger partial charge in [0, 0.05) is 24.3 Å². The predicted molar refractivity (Wildman–Crippen MR) is 164 cm³/mol. The lowest BCUT2D eigenvalue weighted by molar-refractivity contribution is -0.179. The summed E-state index contributed by atoms with van der Waals surface area (Å²) < 4.78 is 17.3. The van der Waals surface area contributed by atoms with Crippen molar-refractivity contribution < 1.29 is 28.6 Å². The van der Waals surface area contributed by atoms with Gasteiger partial charge in [0.1, 0.15) is 5.60 Å². The van der Waals surface area contributed by atoms with E-state index in [4.69, 9.17) is 19.0 Å². The first kappa shape index (κ1) is 29.8. The highest BCUT2D eigenvalue weighted by Crippen LogP contribution is 2.32. The molecule has 0 bridgehead atoms. The summed E-state index contributed by atoms with van der Waals surface area (Å²) in [5, 5.41) is 7.66. The van der Waals surface area contributed by atoms with E-state index in [0.717, 1.165) is 23.1 Å². The summed E-state index contributed by atoms with van der Waals surface area (Å²) in [5.41, 5.74) is 3.30. The van der Waals surface area contributed by atoms with Crippen molar-refractivity contribution in [1.82, 2.24) is 5.06 Å². The number of fused-ring (bicyclic) bond motifs is 1. The highest BCUT2D eigenvalue weighted by Gasteiger charge is 2.34. The Bertz CT molecular complexity index is 1480. The predicted octanol–water partition coefficient (Wildman–Crippen LogP) is 7.54. The van der Waals surface area contributed by atoms with Crippen LogP contribution in [0.5, 0.6) is 0 Å². The molecule has 0 N–H and O–H groups in total. The van der Waals surface area contributed by atoms with Crippen molar-refractivity contribution in [3.8, 4) is 0 Å². The van der Waals surface area contributed by atoms with E-state index in [9.17, 15) is 9.59 Å². The van der Waals surface area contributed by atoms with E-state index < -0.39 is 11.8 Å². The van der Waals surface area contributed by atoms with Crippen LogP contribution in [0.2, 0.25) is 0 Å². The molecule has 8 heteroatoms. The summed E-state index contributed by atoms with van der Waals surface area (Å²) in [6, 6.07) is 24.8. The number of esters is 1. The fourth-order valence-corrected chi connectivity index (χ4v) is 5.71. The maximum atomic E-state index is 12.4. The minimum Gasteiger partial charge on any atom is -0.462 e. The lowest BCUT2D eigenvalue weighted by Gasteiger charge is -2.37. The highest BCUT2D eigenvalue weighted by atomic mass is 32.1. The molecule has 1 aliphatic heterocycles. The number of carbonyl (C=O) groups excluding carboxylic acids is 2. The van der Waals surface area contributed by atoms with E-state index in [1.54, 1.807) is 16.5 Å². The van der Waals surface area contributed by atoms with Crippen LogP contribution in [0.4, 0.5) is 4.79 Å². The van der Waals surface area contributed by atoms with Gasteiger partial charge in [0.2, 0.25) is 0 Å². The van der Waals surface area contributed by atoms with Crippen LogP contribution in [0.1, 0.15) is 60.2 Å². The normalized spacial score (nSPS) is 17.6. The quantitative estimate of drug-likeness (QED) is 0.187. The molecule has 1 saturated heterocycles. The molecule has 0 saturated carbocycles. The van der Waals surface area contributed by atoms with Crippen molar-refractivity contribution in [1.29, 1.82) is 0 Å². The smallest absolute Gasteiger partial charge is 0.462 e. The number of thiophene rings is 1. The monoisotopic (exact) mass is 587 g/mol. The molecular weight excluding hydrogens is 550 g/mol. The Morgan fingerprint density at radius 3 is 2.45 bits per heavy atom. The van der Waals surface area contributed by atoms with Crippen LogP contribution >= 0.6 is 11.3 Å². The Morgan fingerprint density at radius 1 is 0.952 bits per heavy atom. The van der Waals surface area contributed by atoms with Crippen LogP contribution in [0.15, 0.2) is 83.6 Å². The molecule has 5 rings (SSSR count). The molecule has 2 unspecified atom stereocenters. The number of rotatable bonds is 9. The van der Waals surface area contributed by atoms with E-state index in [1.165, 1.54) is 22.1 Å². The zero-order chi connectivity index (χ0) is 29.5. The highest BCUT2D eigenvalue weighted by molar-refractivity contribution is 7.08. The Kier molecular flexibility index (Phi) is 9.57. The van der Waals surface area contributed by atoms with Gasteiger partial charge in [-0.25, -0.2) is 9.59 Å². The number of carbonyl (C=O) groups is 2. The minimum atomic E-state index is -0.710. The van der Waals surface area contributed by atoms with Crippen LogP contribution in [-0.2, 0) is 32.1 Å². The van der Waals surface area contributed by atoms with Gasteiger partial charge in [-0.05, 0) is 72.2 Å². The second-order valence-electron chi connectivity index (χ2n) is 11.5. The molecular formula is C34H37NO6S. The van der Waals surface area contributed by atoms with Gasteiger partial charge in [-0.2, -0.15) is 11.3 Å². The lowest BCUT2D eigenvalue weighted by Crippen LogP contribution is -2.45. The molecule has 4 aromatic rings. The molecule has 220 valence electrons. The number of piperidine rings is 1. The molecule has 42 heavy (non-hydrogen) atoms. The maximum Gasteiger partial charge on any atom is 0.528 e. The number of ether oxygens (including phenoxy) is 3. The van der Waals surface area contributed by atoms with Crippen LogP contribution < -0.4 is 0 Å². The first-order valence-electron chi connectivity index (χ1n) is 14.3. The molecule has 3 aromatic carbocycles. The van der Waals surface area contributed by atoms with Crippen molar-refractivity contribution in [2.24, 2.45) is 0 Å². The molecule has 1 aromatic heterocycles. The summed E-state index contributed by atoms with van der Waals surface area (Å²) in [7, 11) is 0. The van der Waals surface area contributed by atoms with Gasteiger partial charge in [0.15, 0.2) is 0 Å². The van der Waals surface area contributed by atoms with Crippen LogP contribution in [0.25, 0.3) is 10.8 Å². The van der Waals surface area contributed by atoms with E-state index in [1.807, 2.05) is 38.3 Å². The molecule has 0 spiro atoms. The maximum absolute atomic E-state index is 12.4. The second-order valence-corrected chi connectivity index (χ2v) is 12.3. The third kappa shape index (κ3) is 8.18. The zero-order valence-electron chi connectivity index (χ0n) is 24.3. The Balaban J connectivity index is 1.24. The van der Waals surface area contributed by atoms with Crippen molar-refractivity contribution in [3.63, 3.8) is 0 Å². The van der Waals surface area contributed by atoms with E-state index in [2.05, 4.69) is 54.6 Å². The average molecular weight is 588 g/mol. The molecule has 7 nitrogen and oxygen atoms in total. The largest absolute Gasteiger partial charge is 0.528 e. The van der Waals surface area contributed by atoms with Gasteiger partial charge in [-0.15, -0.1) is 5.06 Å². The standard InChI is InChI=1S/C34H37NO6S/c1-34(2,3)40-33(37)41-35-17-14-30(31(21-35)39-22-25-10-11-26-6-4-5-7-28(26)20-25)27-12-8-24(9-13-27)15-18-38-32(36)29-16-19-42-23-29/h4-13,16,19-20,23,30-31H,14-15,17-18,21-22H2,1-3H3. The summed E-state index contributed by atoms with van der Waals surface area (Å²) in [5.74, 6) is -0.172. The van der Waals surface area contributed by atoms with E-state index in [0.29, 0.717) is 38.3 Å². The Morgan fingerprint density at radius 2 is 1.71 bits per heavy atom. The van der Waals surface area contributed by atoms with Crippen LogP contribution in [0, 0.1) is 0 Å². The van der Waals surface area contributed by atoms with Gasteiger partial charge in [-0.1, -0.05) is 60.7 Å². The molecule has 0 aliphatic carbocycles. The molecule has 0 amide bonds. The topological polar surface area (TPSA) is 74.3 Å². The third-order valence-corrected chi connectivity index (χ3v) is 7.86. The number of hydrogen-bond donors (Lipinski definition) is 0.